The molecule has 4 heterocycles. The maximum Gasteiger partial charge on any atom is 0.407 e. The third-order valence-electron chi connectivity index (χ3n) is 11.0. The van der Waals surface area contributed by atoms with Gasteiger partial charge in [-0.2, -0.15) is 15.2 Å². The molecule has 0 spiro atoms. The number of amides is 1. The summed E-state index contributed by atoms with van der Waals surface area (Å²) in [5, 5.41) is 21.9. The molecule has 6 rings (SSSR count). The van der Waals surface area contributed by atoms with Crippen LogP contribution in [-0.4, -0.2) is 104 Å². The van der Waals surface area contributed by atoms with Gasteiger partial charge in [0, 0.05) is 62.0 Å². The van der Waals surface area contributed by atoms with Gasteiger partial charge in [-0.05, 0) is 55.4 Å². The number of aromatic nitrogens is 2. The second-order valence-electron chi connectivity index (χ2n) is 15.1. The van der Waals surface area contributed by atoms with Gasteiger partial charge in [-0.3, -0.25) is 4.90 Å². The van der Waals surface area contributed by atoms with Crippen molar-refractivity contribution in [3.63, 3.8) is 0 Å². The van der Waals surface area contributed by atoms with Crippen molar-refractivity contribution >= 4 is 36.7 Å². The molecule has 1 aromatic heterocycles. The molecular formula is C37H51N7O4Si. The van der Waals surface area contributed by atoms with E-state index in [-0.39, 0.29) is 17.5 Å². The summed E-state index contributed by atoms with van der Waals surface area (Å²) in [6.07, 6.45) is 2.07. The zero-order chi connectivity index (χ0) is 34.8. The van der Waals surface area contributed by atoms with Gasteiger partial charge in [-0.1, -0.05) is 57.2 Å². The monoisotopic (exact) mass is 685 g/mol. The maximum absolute atomic E-state index is 12.0. The second kappa shape index (κ2) is 14.5. The standard InChI is InChI=1S/C37H51N7O4Si/c1-37(2,3)49(4,5)48-23-22-41-18-9-12-29(41)26-47-35-39-32-25-42(33-14-8-11-27-10-6-7-13-30(27)33)19-16-31(32)34(40-35)43-20-21-44(36(45)46)28(24-43)15-17-38/h6-8,10-11,13-14,28-29H,9,12,15-16,18-26H2,1-5H3,(H,45,46)/t28-,29+/m0/s1. The lowest BCUT2D eigenvalue weighted by Crippen LogP contribution is -2.55. The first-order valence-corrected chi connectivity index (χ1v) is 20.6. The number of hydrogen-bond acceptors (Lipinski definition) is 9. The van der Waals surface area contributed by atoms with Crippen LogP contribution in [0.25, 0.3) is 10.8 Å². The summed E-state index contributed by atoms with van der Waals surface area (Å²) in [7, 11) is -1.81. The highest BCUT2D eigenvalue weighted by Crippen LogP contribution is 2.37. The van der Waals surface area contributed by atoms with Crippen LogP contribution in [0.1, 0.15) is 51.3 Å². The summed E-state index contributed by atoms with van der Waals surface area (Å²) in [5.74, 6) is 0.802. The Kier molecular flexibility index (Phi) is 10.3. The molecule has 0 radical (unpaired) electrons. The van der Waals surface area contributed by atoms with Gasteiger partial charge in [-0.25, -0.2) is 4.79 Å². The van der Waals surface area contributed by atoms with Gasteiger partial charge in [0.05, 0.1) is 30.8 Å². The van der Waals surface area contributed by atoms with Crippen molar-refractivity contribution in [3.8, 4) is 12.1 Å². The average Bonchev–Trinajstić information content (AvgIpc) is 3.53. The van der Waals surface area contributed by atoms with Crippen molar-refractivity contribution in [2.24, 2.45) is 0 Å². The molecule has 3 aromatic rings. The number of anilines is 2. The maximum atomic E-state index is 12.0. The predicted octanol–water partition coefficient (Wildman–Crippen LogP) is 6.14. The lowest BCUT2D eigenvalue weighted by Gasteiger charge is -2.41. The molecule has 262 valence electrons. The molecule has 1 N–H and O–H groups in total. The molecule has 0 aliphatic carbocycles. The molecule has 0 unspecified atom stereocenters. The Morgan fingerprint density at radius 2 is 1.84 bits per heavy atom. The first kappa shape index (κ1) is 34.9. The summed E-state index contributed by atoms with van der Waals surface area (Å²) in [6.45, 7) is 17.2. The van der Waals surface area contributed by atoms with Gasteiger partial charge in [0.25, 0.3) is 0 Å². The predicted molar refractivity (Wildman–Crippen MR) is 195 cm³/mol. The van der Waals surface area contributed by atoms with Gasteiger partial charge < -0.3 is 29.0 Å². The number of carbonyl (C=O) groups is 1. The Labute approximate surface area is 291 Å². The van der Waals surface area contributed by atoms with Crippen LogP contribution >= 0.6 is 0 Å². The van der Waals surface area contributed by atoms with Crippen LogP contribution in [0.15, 0.2) is 42.5 Å². The molecule has 2 aromatic carbocycles. The van der Waals surface area contributed by atoms with Gasteiger partial charge in [0.15, 0.2) is 8.32 Å². The molecule has 0 bridgehead atoms. The van der Waals surface area contributed by atoms with Gasteiger partial charge >= 0.3 is 12.1 Å². The smallest absolute Gasteiger partial charge is 0.407 e. The van der Waals surface area contributed by atoms with E-state index in [0.29, 0.717) is 38.8 Å². The normalized spacial score (nSPS) is 20.4. The summed E-state index contributed by atoms with van der Waals surface area (Å²) >= 11 is 0. The Bertz CT molecular complexity index is 1680. The number of nitrogens with zero attached hydrogens (tertiary/aromatic N) is 7. The van der Waals surface area contributed by atoms with Gasteiger partial charge in [-0.15, -0.1) is 0 Å². The number of carboxylic acid groups (broad SMARTS) is 1. The minimum atomic E-state index is -1.81. The number of fused-ring (bicyclic) bond motifs is 2. The minimum Gasteiger partial charge on any atom is -0.465 e. The minimum absolute atomic E-state index is 0.130. The number of hydrogen-bond donors (Lipinski definition) is 1. The first-order valence-electron chi connectivity index (χ1n) is 17.7. The number of benzene rings is 2. The number of nitriles is 1. The Morgan fingerprint density at radius 3 is 2.61 bits per heavy atom. The zero-order valence-electron chi connectivity index (χ0n) is 29.7. The fraction of sp³-hybridized carbons (Fsp3) is 0.568. The summed E-state index contributed by atoms with van der Waals surface area (Å²) < 4.78 is 13.0. The largest absolute Gasteiger partial charge is 0.465 e. The van der Waals surface area contributed by atoms with E-state index in [2.05, 4.69) is 97.1 Å². The number of rotatable bonds is 10. The quantitative estimate of drug-likeness (QED) is 0.250. The second-order valence-corrected chi connectivity index (χ2v) is 19.9. The van der Waals surface area contributed by atoms with Crippen molar-refractivity contribution in [3.05, 3.63) is 53.7 Å². The van der Waals surface area contributed by atoms with Crippen LogP contribution in [0.2, 0.25) is 18.1 Å². The van der Waals surface area contributed by atoms with E-state index >= 15 is 0 Å². The van der Waals surface area contributed by atoms with E-state index < -0.39 is 20.5 Å². The van der Waals surface area contributed by atoms with E-state index in [0.717, 1.165) is 62.6 Å². The van der Waals surface area contributed by atoms with E-state index in [1.807, 2.05) is 0 Å². The van der Waals surface area contributed by atoms with Crippen LogP contribution in [0.5, 0.6) is 6.01 Å². The molecule has 49 heavy (non-hydrogen) atoms. The lowest BCUT2D eigenvalue weighted by atomic mass is 10.0. The molecular weight excluding hydrogens is 635 g/mol. The van der Waals surface area contributed by atoms with Gasteiger partial charge in [0.1, 0.15) is 12.4 Å². The van der Waals surface area contributed by atoms with E-state index in [9.17, 15) is 15.2 Å². The van der Waals surface area contributed by atoms with Crippen molar-refractivity contribution in [1.82, 2.24) is 19.8 Å². The summed E-state index contributed by atoms with van der Waals surface area (Å²) in [4.78, 5) is 30.4. The molecule has 11 nitrogen and oxygen atoms in total. The van der Waals surface area contributed by atoms with E-state index in [4.69, 9.17) is 19.1 Å². The highest BCUT2D eigenvalue weighted by molar-refractivity contribution is 6.74. The van der Waals surface area contributed by atoms with Crippen LogP contribution in [0.3, 0.4) is 0 Å². The SMILES string of the molecule is CC(C)(C)[Si](C)(C)OCCN1CCC[C@@H]1COc1nc2c(c(N3CCN(C(=O)O)[C@@H](CC#N)C3)n1)CCN(c1cccc3ccccc13)C2. The molecule has 3 aliphatic heterocycles. The summed E-state index contributed by atoms with van der Waals surface area (Å²) in [6, 6.07) is 17.3. The van der Waals surface area contributed by atoms with Crippen LogP contribution in [-0.2, 0) is 17.4 Å². The first-order chi connectivity index (χ1) is 23.4. The number of piperazine rings is 1. The van der Waals surface area contributed by atoms with E-state index in [1.165, 1.54) is 21.4 Å². The lowest BCUT2D eigenvalue weighted by molar-refractivity contribution is 0.118. The molecule has 3 aliphatic rings. The van der Waals surface area contributed by atoms with Crippen LogP contribution < -0.4 is 14.5 Å². The van der Waals surface area contributed by atoms with Crippen LogP contribution in [0, 0.1) is 11.3 Å². The third-order valence-corrected chi connectivity index (χ3v) is 15.6. The fourth-order valence-electron chi connectivity index (χ4n) is 7.17. The zero-order valence-corrected chi connectivity index (χ0v) is 30.7. The topological polar surface area (TPSA) is 118 Å². The molecule has 2 fully saturated rings. The highest BCUT2D eigenvalue weighted by Gasteiger charge is 2.38. The van der Waals surface area contributed by atoms with Crippen molar-refractivity contribution in [2.45, 2.75) is 83.2 Å². The number of ether oxygens (including phenoxy) is 1. The molecule has 0 saturated carbocycles. The van der Waals surface area contributed by atoms with Crippen LogP contribution in [0.4, 0.5) is 16.3 Å². The Balaban J connectivity index is 1.24. The Morgan fingerprint density at radius 1 is 1.04 bits per heavy atom. The summed E-state index contributed by atoms with van der Waals surface area (Å²) in [5.41, 5.74) is 3.19. The fourth-order valence-corrected chi connectivity index (χ4v) is 8.20. The highest BCUT2D eigenvalue weighted by atomic mass is 28.4. The van der Waals surface area contributed by atoms with Crippen molar-refractivity contribution in [2.75, 3.05) is 62.3 Å². The van der Waals surface area contributed by atoms with E-state index in [1.54, 1.807) is 0 Å². The molecule has 2 saturated heterocycles. The number of likely N-dealkylation sites (tertiary alicyclic amines) is 1. The average molecular weight is 686 g/mol. The Hall–Kier alpha value is -3.92. The molecule has 12 heteroatoms. The van der Waals surface area contributed by atoms with Crippen molar-refractivity contribution in [1.29, 1.82) is 5.26 Å². The van der Waals surface area contributed by atoms with Crippen molar-refractivity contribution < 1.29 is 19.1 Å². The molecule has 2 atom stereocenters. The molecule has 1 amide bonds. The van der Waals surface area contributed by atoms with Gasteiger partial charge in [0.2, 0.25) is 0 Å². The third kappa shape index (κ3) is 7.64.